The zero-order chi connectivity index (χ0) is 48.3. The first kappa shape index (κ1) is 41.9. The number of hydrogen-bond donors (Lipinski definition) is 0. The van der Waals surface area contributed by atoms with Crippen molar-refractivity contribution in [1.82, 2.24) is 9.97 Å². The van der Waals surface area contributed by atoms with Gasteiger partial charge in [0.15, 0.2) is 5.82 Å². The third-order valence-electron chi connectivity index (χ3n) is 16.0. The maximum absolute atomic E-state index is 5.22. The molecule has 3 aliphatic carbocycles. The van der Waals surface area contributed by atoms with Crippen molar-refractivity contribution in [1.29, 1.82) is 0 Å². The van der Waals surface area contributed by atoms with Crippen molar-refractivity contribution in [2.75, 3.05) is 0 Å². The molecular formula is C70H44N2S. The largest absolute Gasteiger partial charge is 0.228 e. The Morgan fingerprint density at radius 3 is 1.63 bits per heavy atom. The number of aromatic nitrogens is 2. The number of thioether (sulfide) groups is 1. The highest BCUT2D eigenvalue weighted by Gasteiger charge is 2.59. The second kappa shape index (κ2) is 16.1. The van der Waals surface area contributed by atoms with Gasteiger partial charge in [-0.1, -0.05) is 255 Å². The molecule has 2 heterocycles. The van der Waals surface area contributed by atoms with Crippen LogP contribution in [-0.2, 0) is 10.8 Å². The predicted molar refractivity (Wildman–Crippen MR) is 303 cm³/mol. The standard InChI is InChI=1S/C70H44N2S/c1-44-18-15-16-41-73-67-50(44)38-39-55-56-42-49(45-33-35-47(36-34-45)64-43-65(72-68(71-64)48-20-3-2-4-21-48)54-26-17-22-46-19-5-6-23-51(46)54)37-40-59(56)70(66(55)67)62-31-13-11-29-60(62)69(61-30-12-14-32-63(61)70)57-27-9-7-24-52(57)53-25-8-10-28-58(53)69/h2-43H,1H2/b18-15-,41-16-. The van der Waals surface area contributed by atoms with E-state index in [1.807, 2.05) is 30.0 Å². The van der Waals surface area contributed by atoms with Crippen molar-refractivity contribution in [2.45, 2.75) is 15.7 Å². The summed E-state index contributed by atoms with van der Waals surface area (Å²) in [6.45, 7) is 4.65. The van der Waals surface area contributed by atoms with Gasteiger partial charge in [-0.2, -0.15) is 0 Å². The smallest absolute Gasteiger partial charge is 0.160 e. The molecule has 3 heteroatoms. The highest BCUT2D eigenvalue weighted by Crippen LogP contribution is 2.69. The molecule has 15 rings (SSSR count). The Morgan fingerprint density at radius 1 is 0.356 bits per heavy atom. The number of rotatable bonds is 4. The van der Waals surface area contributed by atoms with Crippen molar-refractivity contribution in [3.05, 3.63) is 311 Å². The molecule has 0 atom stereocenters. The third kappa shape index (κ3) is 5.89. The van der Waals surface area contributed by atoms with Crippen molar-refractivity contribution < 1.29 is 0 Å². The molecule has 340 valence electrons. The molecule has 0 saturated carbocycles. The first-order valence-electron chi connectivity index (χ1n) is 25.1. The fraction of sp³-hybridized carbons (Fsp3) is 0.0286. The molecule has 4 aliphatic rings. The van der Waals surface area contributed by atoms with Gasteiger partial charge in [0.1, 0.15) is 0 Å². The van der Waals surface area contributed by atoms with Crippen LogP contribution in [0, 0.1) is 0 Å². The molecule has 0 saturated heterocycles. The first-order chi connectivity index (χ1) is 36.1. The SMILES string of the molecule is C=C1/C=C\C=C/Sc2c1ccc1c2C2(c3ccc(-c4ccc(-c5cc(-c6cccc7ccccc67)nc(-c6ccccc6)n5)cc4)cc3-1)c1ccccc1C1(c3ccccc3-c3ccccc31)c1ccccc12. The Hall–Kier alpha value is -8.89. The summed E-state index contributed by atoms with van der Waals surface area (Å²) in [6, 6.07) is 85.2. The lowest BCUT2D eigenvalue weighted by atomic mass is 9.52. The Bertz CT molecular complexity index is 4100. The van der Waals surface area contributed by atoms with Gasteiger partial charge in [0.2, 0.25) is 0 Å². The molecule has 1 aromatic heterocycles. The minimum atomic E-state index is -0.640. The van der Waals surface area contributed by atoms with Crippen LogP contribution in [0.15, 0.2) is 266 Å². The summed E-state index contributed by atoms with van der Waals surface area (Å²) in [5.41, 5.74) is 23.9. The van der Waals surface area contributed by atoms with Crippen LogP contribution >= 0.6 is 11.8 Å². The van der Waals surface area contributed by atoms with E-state index in [9.17, 15) is 0 Å². The lowest BCUT2D eigenvalue weighted by Gasteiger charge is -2.49. The van der Waals surface area contributed by atoms with Gasteiger partial charge in [-0.15, -0.1) is 0 Å². The number of nitrogens with zero attached hydrogens (tertiary/aromatic N) is 2. The topological polar surface area (TPSA) is 25.8 Å². The van der Waals surface area contributed by atoms with Crippen LogP contribution in [0.2, 0.25) is 0 Å². The van der Waals surface area contributed by atoms with Crippen molar-refractivity contribution >= 4 is 28.1 Å². The quantitative estimate of drug-likeness (QED) is 0.176. The second-order valence-electron chi connectivity index (χ2n) is 19.6. The highest BCUT2D eigenvalue weighted by molar-refractivity contribution is 8.02. The van der Waals surface area contributed by atoms with Crippen molar-refractivity contribution in [3.63, 3.8) is 0 Å². The van der Waals surface area contributed by atoms with E-state index in [2.05, 4.69) is 243 Å². The van der Waals surface area contributed by atoms with Crippen LogP contribution < -0.4 is 0 Å². The van der Waals surface area contributed by atoms with Gasteiger partial charge < -0.3 is 0 Å². The molecule has 0 fully saturated rings. The van der Waals surface area contributed by atoms with Crippen LogP contribution in [0.5, 0.6) is 0 Å². The zero-order valence-corrected chi connectivity index (χ0v) is 40.6. The summed E-state index contributed by atoms with van der Waals surface area (Å²) >= 11 is 1.82. The minimum absolute atomic E-state index is 0.514. The highest BCUT2D eigenvalue weighted by atomic mass is 32.2. The van der Waals surface area contributed by atoms with Crippen LogP contribution in [0.4, 0.5) is 0 Å². The molecule has 0 amide bonds. The normalized spacial score (nSPS) is 15.5. The van der Waals surface area contributed by atoms with Crippen LogP contribution in [-0.4, -0.2) is 9.97 Å². The predicted octanol–water partition coefficient (Wildman–Crippen LogP) is 17.5. The maximum atomic E-state index is 5.22. The molecule has 0 radical (unpaired) electrons. The van der Waals surface area contributed by atoms with Gasteiger partial charge in [-0.3, -0.25) is 0 Å². The van der Waals surface area contributed by atoms with Gasteiger partial charge in [0.05, 0.1) is 22.2 Å². The Kier molecular flexibility index (Phi) is 9.21. The number of hydrogen-bond acceptors (Lipinski definition) is 3. The van der Waals surface area contributed by atoms with Crippen LogP contribution in [0.25, 0.3) is 83.6 Å². The monoisotopic (exact) mass is 944 g/mol. The Morgan fingerprint density at radius 2 is 0.904 bits per heavy atom. The Labute approximate surface area is 429 Å². The third-order valence-corrected chi connectivity index (χ3v) is 17.0. The summed E-state index contributed by atoms with van der Waals surface area (Å²) in [5, 5.41) is 4.59. The summed E-state index contributed by atoms with van der Waals surface area (Å²) in [4.78, 5) is 11.7. The summed E-state index contributed by atoms with van der Waals surface area (Å²) in [7, 11) is 0. The second-order valence-corrected chi connectivity index (χ2v) is 20.5. The van der Waals surface area contributed by atoms with E-state index in [1.54, 1.807) is 0 Å². The lowest BCUT2D eigenvalue weighted by Crippen LogP contribution is -2.44. The van der Waals surface area contributed by atoms with Gasteiger partial charge in [0.25, 0.3) is 0 Å². The van der Waals surface area contributed by atoms with E-state index >= 15 is 0 Å². The van der Waals surface area contributed by atoms with E-state index in [0.717, 1.165) is 44.8 Å². The number of allylic oxidation sites excluding steroid dienone is 4. The van der Waals surface area contributed by atoms with Crippen molar-refractivity contribution in [3.8, 4) is 67.3 Å². The van der Waals surface area contributed by atoms with E-state index in [0.29, 0.717) is 5.82 Å². The zero-order valence-electron chi connectivity index (χ0n) is 39.8. The van der Waals surface area contributed by atoms with Crippen molar-refractivity contribution in [2.24, 2.45) is 0 Å². The summed E-state index contributed by atoms with van der Waals surface area (Å²) in [5.74, 6) is 0.705. The molecule has 73 heavy (non-hydrogen) atoms. The van der Waals surface area contributed by atoms with E-state index in [1.165, 1.54) is 88.0 Å². The molecule has 2 spiro atoms. The molecule has 1 aliphatic heterocycles. The van der Waals surface area contributed by atoms with Gasteiger partial charge in [-0.25, -0.2) is 9.97 Å². The lowest BCUT2D eigenvalue weighted by molar-refractivity contribution is 0.626. The average molecular weight is 945 g/mol. The summed E-state index contributed by atoms with van der Waals surface area (Å²) in [6.07, 6.45) is 6.40. The fourth-order valence-corrected chi connectivity index (χ4v) is 14.1. The maximum Gasteiger partial charge on any atom is 0.160 e. The average Bonchev–Trinajstić information content (AvgIpc) is 3.92. The first-order valence-corrected chi connectivity index (χ1v) is 25.9. The molecule has 0 unspecified atom stereocenters. The van der Waals surface area contributed by atoms with Crippen LogP contribution in [0.1, 0.15) is 50.1 Å². The Balaban J connectivity index is 0.933. The molecule has 0 N–H and O–H groups in total. The number of benzene rings is 10. The van der Waals surface area contributed by atoms with Gasteiger partial charge in [0, 0.05) is 21.6 Å². The van der Waals surface area contributed by atoms with Gasteiger partial charge >= 0.3 is 0 Å². The summed E-state index contributed by atoms with van der Waals surface area (Å²) < 4.78 is 0. The molecule has 0 bridgehead atoms. The number of fused-ring (bicyclic) bond motifs is 19. The van der Waals surface area contributed by atoms with Gasteiger partial charge in [-0.05, 0) is 117 Å². The molecule has 2 nitrogen and oxygen atoms in total. The fourth-order valence-electron chi connectivity index (χ4n) is 13.0. The van der Waals surface area contributed by atoms with E-state index in [-0.39, 0.29) is 0 Å². The van der Waals surface area contributed by atoms with Crippen LogP contribution in [0.3, 0.4) is 0 Å². The molecular weight excluding hydrogens is 901 g/mol. The molecule has 11 aromatic rings. The minimum Gasteiger partial charge on any atom is -0.228 e. The molecule has 10 aromatic carbocycles. The van der Waals surface area contributed by atoms with E-state index in [4.69, 9.17) is 9.97 Å². The van der Waals surface area contributed by atoms with E-state index < -0.39 is 10.8 Å².